The third-order valence-electron chi connectivity index (χ3n) is 3.09. The molecule has 1 aromatic carbocycles. The maximum Gasteiger partial charge on any atom is 0.124 e. The minimum atomic E-state index is -0.300. The van der Waals surface area contributed by atoms with Gasteiger partial charge in [-0.1, -0.05) is 6.92 Å². The summed E-state index contributed by atoms with van der Waals surface area (Å²) in [6.07, 6.45) is 0.911. The highest BCUT2D eigenvalue weighted by Crippen LogP contribution is 2.34. The highest BCUT2D eigenvalue weighted by atomic mass is 32.1. The van der Waals surface area contributed by atoms with Gasteiger partial charge >= 0.3 is 0 Å². The van der Waals surface area contributed by atoms with Crippen molar-refractivity contribution in [2.45, 2.75) is 19.4 Å². The van der Waals surface area contributed by atoms with Gasteiger partial charge in [-0.2, -0.15) is 0 Å². The third kappa shape index (κ3) is 2.78. The lowest BCUT2D eigenvalue weighted by atomic mass is 10.0. The summed E-state index contributed by atoms with van der Waals surface area (Å²) in [6.45, 7) is 2.09. The van der Waals surface area contributed by atoms with Crippen molar-refractivity contribution in [3.8, 4) is 5.75 Å². The van der Waals surface area contributed by atoms with Crippen molar-refractivity contribution in [1.82, 2.24) is 5.43 Å². The van der Waals surface area contributed by atoms with Crippen LogP contribution in [0.5, 0.6) is 5.75 Å². The monoisotopic (exact) mass is 280 g/mol. The molecule has 1 heterocycles. The molecule has 0 saturated carbocycles. The molecule has 1 aromatic heterocycles. The van der Waals surface area contributed by atoms with Gasteiger partial charge in [0.15, 0.2) is 0 Å². The van der Waals surface area contributed by atoms with Crippen LogP contribution in [0.25, 0.3) is 0 Å². The average Bonchev–Trinajstić information content (AvgIpc) is 2.88. The minimum Gasteiger partial charge on any atom is -0.496 e. The smallest absolute Gasteiger partial charge is 0.124 e. The summed E-state index contributed by atoms with van der Waals surface area (Å²) in [5.41, 5.74) is 4.68. The number of nitrogens with one attached hydrogen (secondary N) is 1. The van der Waals surface area contributed by atoms with Crippen LogP contribution in [-0.2, 0) is 6.42 Å². The molecule has 3 N–H and O–H groups in total. The first-order valence-electron chi connectivity index (χ1n) is 6.07. The number of thiophene rings is 1. The summed E-state index contributed by atoms with van der Waals surface area (Å²) in [7, 11) is 1.57. The maximum absolute atomic E-state index is 13.5. The number of aryl methyl sites for hydroxylation is 1. The second-order valence-electron chi connectivity index (χ2n) is 4.15. The molecule has 0 bridgehead atoms. The second kappa shape index (κ2) is 6.14. The number of ether oxygens (including phenoxy) is 1. The lowest BCUT2D eigenvalue weighted by Gasteiger charge is -2.19. The zero-order chi connectivity index (χ0) is 13.8. The fourth-order valence-corrected chi connectivity index (χ4v) is 3.20. The number of nitrogens with two attached hydrogens (primary N) is 1. The minimum absolute atomic E-state index is 0.263. The van der Waals surface area contributed by atoms with E-state index >= 15 is 0 Å². The first-order chi connectivity index (χ1) is 9.21. The summed E-state index contributed by atoms with van der Waals surface area (Å²) < 4.78 is 18.8. The highest BCUT2D eigenvalue weighted by molar-refractivity contribution is 7.10. The molecule has 0 spiro atoms. The van der Waals surface area contributed by atoms with Gasteiger partial charge in [0.2, 0.25) is 0 Å². The standard InChI is InChI=1S/C14H17FN2OS/c1-3-9-6-7-19-14(9)13(17-16)11-8-10(15)4-5-12(11)18-2/h4-8,13,17H,3,16H2,1-2H3. The van der Waals surface area contributed by atoms with Crippen LogP contribution in [0.4, 0.5) is 4.39 Å². The molecule has 0 aliphatic rings. The van der Waals surface area contributed by atoms with Crippen LogP contribution >= 0.6 is 11.3 Å². The summed E-state index contributed by atoms with van der Waals surface area (Å²) in [6, 6.07) is 6.26. The van der Waals surface area contributed by atoms with E-state index in [4.69, 9.17) is 10.6 Å². The van der Waals surface area contributed by atoms with Crippen LogP contribution in [0.2, 0.25) is 0 Å². The van der Waals surface area contributed by atoms with Crippen LogP contribution in [0.1, 0.15) is 29.0 Å². The molecule has 0 saturated heterocycles. The van der Waals surface area contributed by atoms with Crippen molar-refractivity contribution < 1.29 is 9.13 Å². The zero-order valence-electron chi connectivity index (χ0n) is 10.9. The SMILES string of the molecule is CCc1ccsc1C(NN)c1cc(F)ccc1OC. The van der Waals surface area contributed by atoms with Crippen molar-refractivity contribution in [2.24, 2.45) is 5.84 Å². The van der Waals surface area contributed by atoms with Gasteiger partial charge in [-0.05, 0) is 41.6 Å². The summed E-state index contributed by atoms with van der Waals surface area (Å²) in [5.74, 6) is 6.00. The highest BCUT2D eigenvalue weighted by Gasteiger charge is 2.21. The van der Waals surface area contributed by atoms with E-state index in [-0.39, 0.29) is 11.9 Å². The molecule has 3 nitrogen and oxygen atoms in total. The van der Waals surface area contributed by atoms with E-state index in [1.165, 1.54) is 17.7 Å². The number of rotatable bonds is 5. The fourth-order valence-electron chi connectivity index (χ4n) is 2.13. The van der Waals surface area contributed by atoms with Crippen LogP contribution in [0.15, 0.2) is 29.6 Å². The number of hydrazine groups is 1. The zero-order valence-corrected chi connectivity index (χ0v) is 11.8. The molecular weight excluding hydrogens is 263 g/mol. The first-order valence-corrected chi connectivity index (χ1v) is 6.95. The molecule has 5 heteroatoms. The number of methoxy groups -OCH3 is 1. The molecule has 0 radical (unpaired) electrons. The van der Waals surface area contributed by atoms with E-state index in [1.54, 1.807) is 24.5 Å². The van der Waals surface area contributed by atoms with Crippen LogP contribution in [0, 0.1) is 5.82 Å². The Labute approximate surface area is 116 Å². The Kier molecular flexibility index (Phi) is 4.52. The van der Waals surface area contributed by atoms with E-state index in [0.29, 0.717) is 11.3 Å². The molecule has 0 aliphatic carbocycles. The molecular formula is C14H17FN2OS. The van der Waals surface area contributed by atoms with E-state index in [2.05, 4.69) is 18.4 Å². The molecule has 1 unspecified atom stereocenters. The maximum atomic E-state index is 13.5. The normalized spacial score (nSPS) is 12.4. The molecule has 1 atom stereocenters. The summed E-state index contributed by atoms with van der Waals surface area (Å²) >= 11 is 1.61. The first kappa shape index (κ1) is 14.0. The van der Waals surface area contributed by atoms with Crippen LogP contribution < -0.4 is 16.0 Å². The van der Waals surface area contributed by atoms with Gasteiger partial charge in [0.05, 0.1) is 13.2 Å². The largest absolute Gasteiger partial charge is 0.496 e. The Morgan fingerprint density at radius 3 is 2.84 bits per heavy atom. The quantitative estimate of drug-likeness (QED) is 0.654. The molecule has 2 rings (SSSR count). The van der Waals surface area contributed by atoms with Gasteiger partial charge in [-0.25, -0.2) is 9.82 Å². The van der Waals surface area contributed by atoms with E-state index in [1.807, 2.05) is 5.38 Å². The van der Waals surface area contributed by atoms with Crippen molar-refractivity contribution in [2.75, 3.05) is 7.11 Å². The van der Waals surface area contributed by atoms with Gasteiger partial charge in [0, 0.05) is 10.4 Å². The fraction of sp³-hybridized carbons (Fsp3) is 0.286. The Hall–Kier alpha value is -1.43. The lowest BCUT2D eigenvalue weighted by Crippen LogP contribution is -2.29. The van der Waals surface area contributed by atoms with Gasteiger partial charge in [0.1, 0.15) is 11.6 Å². The van der Waals surface area contributed by atoms with Crippen molar-refractivity contribution in [3.63, 3.8) is 0 Å². The Morgan fingerprint density at radius 2 is 2.21 bits per heavy atom. The van der Waals surface area contributed by atoms with Gasteiger partial charge < -0.3 is 4.74 Å². The van der Waals surface area contributed by atoms with Gasteiger partial charge in [-0.3, -0.25) is 5.84 Å². The predicted molar refractivity (Wildman–Crippen MR) is 75.8 cm³/mol. The summed E-state index contributed by atoms with van der Waals surface area (Å²) in [5, 5.41) is 2.02. The molecule has 102 valence electrons. The number of benzene rings is 1. The van der Waals surface area contributed by atoms with E-state index in [9.17, 15) is 4.39 Å². The molecule has 2 aromatic rings. The molecule has 0 amide bonds. The van der Waals surface area contributed by atoms with Gasteiger partial charge in [0.25, 0.3) is 0 Å². The van der Waals surface area contributed by atoms with Crippen molar-refractivity contribution >= 4 is 11.3 Å². The Bertz CT molecular complexity index is 556. The Morgan fingerprint density at radius 1 is 1.42 bits per heavy atom. The van der Waals surface area contributed by atoms with Crippen LogP contribution in [-0.4, -0.2) is 7.11 Å². The van der Waals surface area contributed by atoms with Gasteiger partial charge in [-0.15, -0.1) is 11.3 Å². The van der Waals surface area contributed by atoms with E-state index < -0.39 is 0 Å². The summed E-state index contributed by atoms with van der Waals surface area (Å²) in [4.78, 5) is 1.09. The number of halogens is 1. The topological polar surface area (TPSA) is 47.3 Å². The molecule has 0 aliphatic heterocycles. The number of hydrogen-bond acceptors (Lipinski definition) is 4. The second-order valence-corrected chi connectivity index (χ2v) is 5.10. The number of hydrogen-bond donors (Lipinski definition) is 2. The van der Waals surface area contributed by atoms with Crippen LogP contribution in [0.3, 0.4) is 0 Å². The molecule has 0 fully saturated rings. The van der Waals surface area contributed by atoms with Crippen molar-refractivity contribution in [1.29, 1.82) is 0 Å². The average molecular weight is 280 g/mol. The third-order valence-corrected chi connectivity index (χ3v) is 4.12. The molecule has 19 heavy (non-hydrogen) atoms. The van der Waals surface area contributed by atoms with E-state index in [0.717, 1.165) is 11.3 Å². The Balaban J connectivity index is 2.50. The predicted octanol–water partition coefficient (Wildman–Crippen LogP) is 3.01. The lowest BCUT2D eigenvalue weighted by molar-refractivity contribution is 0.403. The van der Waals surface area contributed by atoms with Crippen molar-refractivity contribution in [3.05, 3.63) is 51.5 Å².